The molecule has 0 radical (unpaired) electrons. The molecule has 0 amide bonds. The fraction of sp³-hybridized carbons (Fsp3) is 0.400. The van der Waals surface area contributed by atoms with Crippen molar-refractivity contribution in [3.8, 4) is 11.5 Å². The Labute approximate surface area is 194 Å². The van der Waals surface area contributed by atoms with Gasteiger partial charge < -0.3 is 9.84 Å². The van der Waals surface area contributed by atoms with Gasteiger partial charge in [-0.05, 0) is 68.3 Å². The minimum absolute atomic E-state index is 0.165. The number of aromatic hydroxyl groups is 1. The third kappa shape index (κ3) is 5.43. The van der Waals surface area contributed by atoms with Crippen LogP contribution in [0, 0.1) is 6.92 Å². The molecule has 31 heavy (non-hydrogen) atoms. The van der Waals surface area contributed by atoms with Crippen LogP contribution < -0.4 is 4.74 Å². The van der Waals surface area contributed by atoms with Crippen molar-refractivity contribution < 1.29 is 14.6 Å². The Bertz CT molecular complexity index is 993. The van der Waals surface area contributed by atoms with Crippen molar-refractivity contribution >= 4 is 35.1 Å². The number of unbranched alkanes of at least 4 members (excludes halogenated alkanes) is 2. The standard InChI is InChI=1S/C25H29Cl2NO3/c1-4-6-10-28(11-7-5-2)15-18-21(29)12-16(3)23-24(30)22(31-25(18)23)14-17-8-9-19(26)20(27)13-17/h8-9,12-14,29H,4-7,10-11,15H2,1-3H3/b22-14+. The van der Waals surface area contributed by atoms with Crippen molar-refractivity contribution in [2.45, 2.75) is 53.0 Å². The van der Waals surface area contributed by atoms with Crippen molar-refractivity contribution in [3.05, 3.63) is 62.3 Å². The lowest BCUT2D eigenvalue weighted by Gasteiger charge is -2.23. The first-order valence-corrected chi connectivity index (χ1v) is 11.6. The summed E-state index contributed by atoms with van der Waals surface area (Å²) in [5.41, 5.74) is 2.61. The fourth-order valence-electron chi connectivity index (χ4n) is 3.74. The number of aryl methyl sites for hydroxylation is 1. The number of ketones is 1. The molecule has 2 aromatic carbocycles. The molecule has 1 N–H and O–H groups in total. The first-order chi connectivity index (χ1) is 14.8. The van der Waals surface area contributed by atoms with Gasteiger partial charge in [-0.3, -0.25) is 9.69 Å². The second-order valence-corrected chi connectivity index (χ2v) is 8.81. The summed E-state index contributed by atoms with van der Waals surface area (Å²) in [5.74, 6) is 0.662. The summed E-state index contributed by atoms with van der Waals surface area (Å²) in [6, 6.07) is 6.82. The zero-order valence-electron chi connectivity index (χ0n) is 18.3. The summed E-state index contributed by atoms with van der Waals surface area (Å²) < 4.78 is 6.04. The summed E-state index contributed by atoms with van der Waals surface area (Å²) in [6.45, 7) is 8.58. The monoisotopic (exact) mass is 461 g/mol. The van der Waals surface area contributed by atoms with E-state index in [9.17, 15) is 9.90 Å². The van der Waals surface area contributed by atoms with Crippen molar-refractivity contribution in [1.29, 1.82) is 0 Å². The zero-order chi connectivity index (χ0) is 22.5. The van der Waals surface area contributed by atoms with Crippen molar-refractivity contribution in [2.24, 2.45) is 0 Å². The smallest absolute Gasteiger partial charge is 0.232 e. The van der Waals surface area contributed by atoms with Gasteiger partial charge in [-0.15, -0.1) is 0 Å². The molecule has 1 aliphatic heterocycles. The van der Waals surface area contributed by atoms with E-state index < -0.39 is 0 Å². The number of rotatable bonds is 9. The van der Waals surface area contributed by atoms with E-state index in [-0.39, 0.29) is 17.3 Å². The lowest BCUT2D eigenvalue weighted by molar-refractivity contribution is 0.101. The molecule has 4 nitrogen and oxygen atoms in total. The first-order valence-electron chi connectivity index (χ1n) is 10.8. The van der Waals surface area contributed by atoms with E-state index in [0.29, 0.717) is 39.0 Å². The van der Waals surface area contributed by atoms with Crippen LogP contribution in [-0.2, 0) is 6.54 Å². The van der Waals surface area contributed by atoms with Crippen molar-refractivity contribution in [2.75, 3.05) is 13.1 Å². The highest BCUT2D eigenvalue weighted by atomic mass is 35.5. The van der Waals surface area contributed by atoms with Crippen LogP contribution in [0.3, 0.4) is 0 Å². The highest BCUT2D eigenvalue weighted by Crippen LogP contribution is 2.42. The number of phenols is 1. The Hall–Kier alpha value is -2.01. The summed E-state index contributed by atoms with van der Waals surface area (Å²) in [4.78, 5) is 15.4. The molecule has 0 atom stereocenters. The SMILES string of the molecule is CCCCN(CCCC)Cc1c(O)cc(C)c2c1O/C(=C/c1ccc(Cl)c(Cl)c1)C2=O. The van der Waals surface area contributed by atoms with Gasteiger partial charge in [0, 0.05) is 6.54 Å². The molecule has 6 heteroatoms. The minimum atomic E-state index is -0.187. The van der Waals surface area contributed by atoms with Crippen LogP contribution in [0.5, 0.6) is 11.5 Å². The zero-order valence-corrected chi connectivity index (χ0v) is 19.8. The molecular formula is C25H29Cl2NO3. The summed E-state index contributed by atoms with van der Waals surface area (Å²) >= 11 is 12.1. The highest BCUT2D eigenvalue weighted by molar-refractivity contribution is 6.42. The van der Waals surface area contributed by atoms with Crippen LogP contribution in [-0.4, -0.2) is 28.9 Å². The van der Waals surface area contributed by atoms with E-state index in [1.54, 1.807) is 30.3 Å². The Morgan fingerprint density at radius 1 is 1.06 bits per heavy atom. The van der Waals surface area contributed by atoms with Gasteiger partial charge in [0.15, 0.2) is 5.76 Å². The van der Waals surface area contributed by atoms with Gasteiger partial charge in [-0.2, -0.15) is 0 Å². The van der Waals surface area contributed by atoms with E-state index in [4.69, 9.17) is 27.9 Å². The number of ether oxygens (including phenoxy) is 1. The summed E-state index contributed by atoms with van der Waals surface area (Å²) in [7, 11) is 0. The van der Waals surface area contributed by atoms with E-state index in [0.717, 1.165) is 44.3 Å². The lowest BCUT2D eigenvalue weighted by atomic mass is 9.99. The topological polar surface area (TPSA) is 49.8 Å². The highest BCUT2D eigenvalue weighted by Gasteiger charge is 2.33. The predicted molar refractivity (Wildman–Crippen MR) is 127 cm³/mol. The number of hydrogen-bond donors (Lipinski definition) is 1. The molecular weight excluding hydrogens is 433 g/mol. The molecule has 0 bridgehead atoms. The minimum Gasteiger partial charge on any atom is -0.507 e. The molecule has 0 spiro atoms. The molecule has 0 saturated carbocycles. The van der Waals surface area contributed by atoms with Crippen molar-refractivity contribution in [3.63, 3.8) is 0 Å². The quantitative estimate of drug-likeness (QED) is 0.407. The third-order valence-electron chi connectivity index (χ3n) is 5.50. The number of Topliss-reactive ketones (excluding diaryl/α,β-unsaturated/α-hetero) is 1. The van der Waals surface area contributed by atoms with E-state index in [1.165, 1.54) is 0 Å². The van der Waals surface area contributed by atoms with Gasteiger partial charge in [0.2, 0.25) is 5.78 Å². The maximum Gasteiger partial charge on any atom is 0.232 e. The number of halogens is 2. The second-order valence-electron chi connectivity index (χ2n) is 7.99. The number of carbonyl (C=O) groups is 1. The third-order valence-corrected chi connectivity index (χ3v) is 6.24. The van der Waals surface area contributed by atoms with E-state index in [2.05, 4.69) is 18.7 Å². The number of fused-ring (bicyclic) bond motifs is 1. The molecule has 2 aromatic rings. The molecule has 1 heterocycles. The average Bonchev–Trinajstić information content (AvgIpc) is 3.05. The van der Waals surface area contributed by atoms with Gasteiger partial charge in [0.25, 0.3) is 0 Å². The van der Waals surface area contributed by atoms with Crippen LogP contribution in [0.4, 0.5) is 0 Å². The van der Waals surface area contributed by atoms with Crippen LogP contribution in [0.25, 0.3) is 6.08 Å². The van der Waals surface area contributed by atoms with Gasteiger partial charge in [0.1, 0.15) is 11.5 Å². The number of nitrogens with zero attached hydrogens (tertiary/aromatic N) is 1. The van der Waals surface area contributed by atoms with Gasteiger partial charge >= 0.3 is 0 Å². The van der Waals surface area contributed by atoms with Crippen LogP contribution in [0.2, 0.25) is 10.0 Å². The molecule has 0 fully saturated rings. The maximum atomic E-state index is 13.1. The fourth-order valence-corrected chi connectivity index (χ4v) is 4.05. The van der Waals surface area contributed by atoms with E-state index >= 15 is 0 Å². The number of phenolic OH excluding ortho intramolecular Hbond substituents is 1. The number of carbonyl (C=O) groups excluding carboxylic acids is 1. The van der Waals surface area contributed by atoms with Gasteiger partial charge in [-0.25, -0.2) is 0 Å². The second kappa shape index (κ2) is 10.5. The molecule has 3 rings (SSSR count). The molecule has 166 valence electrons. The summed E-state index contributed by atoms with van der Waals surface area (Å²) in [6.07, 6.45) is 6.04. The van der Waals surface area contributed by atoms with Crippen LogP contribution in [0.15, 0.2) is 30.0 Å². The van der Waals surface area contributed by atoms with Crippen molar-refractivity contribution in [1.82, 2.24) is 4.90 Å². The average molecular weight is 462 g/mol. The first kappa shape index (κ1) is 23.6. The number of allylic oxidation sites excluding steroid dienone is 1. The maximum absolute atomic E-state index is 13.1. The van der Waals surface area contributed by atoms with Gasteiger partial charge in [-0.1, -0.05) is 56.0 Å². The lowest BCUT2D eigenvalue weighted by Crippen LogP contribution is -2.26. The number of benzene rings is 2. The Kier molecular flexibility index (Phi) is 8.04. The number of hydrogen-bond acceptors (Lipinski definition) is 4. The van der Waals surface area contributed by atoms with Crippen LogP contribution >= 0.6 is 23.2 Å². The predicted octanol–water partition coefficient (Wildman–Crippen LogP) is 7.03. The molecule has 0 saturated heterocycles. The largest absolute Gasteiger partial charge is 0.507 e. The Morgan fingerprint density at radius 3 is 2.35 bits per heavy atom. The molecule has 0 unspecified atom stereocenters. The Morgan fingerprint density at radius 2 is 1.74 bits per heavy atom. The molecule has 0 aromatic heterocycles. The van der Waals surface area contributed by atoms with Gasteiger partial charge in [0.05, 0.1) is 21.2 Å². The summed E-state index contributed by atoms with van der Waals surface area (Å²) in [5, 5.41) is 11.6. The normalized spacial score (nSPS) is 14.4. The molecule has 1 aliphatic rings. The molecule has 0 aliphatic carbocycles. The van der Waals surface area contributed by atoms with Crippen LogP contribution in [0.1, 0.15) is 66.6 Å². The Balaban J connectivity index is 1.95. The van der Waals surface area contributed by atoms with E-state index in [1.807, 2.05) is 6.92 Å².